The van der Waals surface area contributed by atoms with Gasteiger partial charge in [0.25, 0.3) is 0 Å². The SMILES string of the molecule is COc1ccc2c(c1)CN(C[C@@H]1CCCN/C(c3ccc(F)cc3)=C(/c3ccncc3)N1)CC2. The smallest absolute Gasteiger partial charge is 0.123 e. The second-order valence-corrected chi connectivity index (χ2v) is 9.02. The standard InChI is InChI=1S/C28H31FN4O/c1-34-26-9-6-20-12-16-33(18-23(20)17-26)19-25-3-2-13-31-27(21-4-7-24(29)8-5-21)28(32-25)22-10-14-30-15-11-22/h4-11,14-15,17,25,31-32H,2-3,12-13,16,18-19H2,1H3/b28-27-/t25-/m0/s1. The highest BCUT2D eigenvalue weighted by Gasteiger charge is 2.23. The summed E-state index contributed by atoms with van der Waals surface area (Å²) < 4.78 is 19.1. The van der Waals surface area contributed by atoms with Gasteiger partial charge < -0.3 is 15.4 Å². The number of nitrogens with zero attached hydrogens (tertiary/aromatic N) is 2. The lowest BCUT2D eigenvalue weighted by Crippen LogP contribution is -2.44. The first-order valence-electron chi connectivity index (χ1n) is 12.0. The first kappa shape index (κ1) is 22.4. The van der Waals surface area contributed by atoms with E-state index in [1.165, 1.54) is 23.3 Å². The molecule has 2 aromatic carbocycles. The monoisotopic (exact) mass is 458 g/mol. The number of aromatic nitrogens is 1. The van der Waals surface area contributed by atoms with Crippen molar-refractivity contribution in [2.45, 2.75) is 31.8 Å². The van der Waals surface area contributed by atoms with Crippen LogP contribution < -0.4 is 15.4 Å². The molecule has 5 rings (SSSR count). The summed E-state index contributed by atoms with van der Waals surface area (Å²) in [6.45, 7) is 3.82. The highest BCUT2D eigenvalue weighted by Crippen LogP contribution is 2.27. The van der Waals surface area contributed by atoms with E-state index in [1.54, 1.807) is 7.11 Å². The summed E-state index contributed by atoms with van der Waals surface area (Å²) >= 11 is 0. The Morgan fingerprint density at radius 3 is 2.59 bits per heavy atom. The third-order valence-electron chi connectivity index (χ3n) is 6.71. The maximum absolute atomic E-state index is 13.6. The number of hydrogen-bond donors (Lipinski definition) is 2. The van der Waals surface area contributed by atoms with Crippen molar-refractivity contribution in [1.82, 2.24) is 20.5 Å². The maximum Gasteiger partial charge on any atom is 0.123 e. The summed E-state index contributed by atoms with van der Waals surface area (Å²) in [6, 6.07) is 17.5. The molecule has 2 aliphatic heterocycles. The summed E-state index contributed by atoms with van der Waals surface area (Å²) in [4.78, 5) is 6.74. The fraction of sp³-hybridized carbons (Fsp3) is 0.321. The van der Waals surface area contributed by atoms with Gasteiger partial charge in [-0.2, -0.15) is 0 Å². The molecule has 0 aliphatic carbocycles. The van der Waals surface area contributed by atoms with Crippen LogP contribution in [0, 0.1) is 5.82 Å². The van der Waals surface area contributed by atoms with E-state index in [2.05, 4.69) is 38.7 Å². The number of halogens is 1. The van der Waals surface area contributed by atoms with Gasteiger partial charge in [0.15, 0.2) is 0 Å². The van der Waals surface area contributed by atoms with Crippen LogP contribution in [0.2, 0.25) is 0 Å². The summed E-state index contributed by atoms with van der Waals surface area (Å²) in [7, 11) is 1.72. The molecule has 34 heavy (non-hydrogen) atoms. The Kier molecular flexibility index (Phi) is 6.77. The minimum atomic E-state index is -0.228. The Labute approximate surface area is 200 Å². The molecule has 0 saturated heterocycles. The van der Waals surface area contributed by atoms with Crippen molar-refractivity contribution in [3.8, 4) is 5.75 Å². The van der Waals surface area contributed by atoms with Crippen LogP contribution in [0.4, 0.5) is 4.39 Å². The fourth-order valence-electron chi connectivity index (χ4n) is 4.93. The Bertz CT molecular complexity index is 1150. The van der Waals surface area contributed by atoms with E-state index in [-0.39, 0.29) is 5.82 Å². The fourth-order valence-corrected chi connectivity index (χ4v) is 4.93. The van der Waals surface area contributed by atoms with Crippen molar-refractivity contribution < 1.29 is 9.13 Å². The van der Waals surface area contributed by atoms with Crippen molar-refractivity contribution >= 4 is 11.4 Å². The van der Waals surface area contributed by atoms with Crippen LogP contribution in [-0.2, 0) is 13.0 Å². The van der Waals surface area contributed by atoms with Gasteiger partial charge in [-0.25, -0.2) is 4.39 Å². The number of hydrogen-bond acceptors (Lipinski definition) is 5. The molecule has 0 spiro atoms. The lowest BCUT2D eigenvalue weighted by atomic mass is 9.97. The van der Waals surface area contributed by atoms with E-state index in [1.807, 2.05) is 36.7 Å². The normalized spacial score (nSPS) is 20.9. The lowest BCUT2D eigenvalue weighted by Gasteiger charge is -2.35. The Morgan fingerprint density at radius 1 is 1.00 bits per heavy atom. The Balaban J connectivity index is 1.42. The number of benzene rings is 2. The predicted octanol–water partition coefficient (Wildman–Crippen LogP) is 4.46. The number of rotatable bonds is 5. The first-order chi connectivity index (χ1) is 16.7. The quantitative estimate of drug-likeness (QED) is 0.592. The van der Waals surface area contributed by atoms with Crippen LogP contribution in [0.15, 0.2) is 67.0 Å². The van der Waals surface area contributed by atoms with Crippen LogP contribution in [0.25, 0.3) is 11.4 Å². The Morgan fingerprint density at radius 2 is 1.79 bits per heavy atom. The van der Waals surface area contributed by atoms with Crippen LogP contribution in [-0.4, -0.2) is 42.7 Å². The van der Waals surface area contributed by atoms with Crippen LogP contribution in [0.1, 0.15) is 35.1 Å². The zero-order chi connectivity index (χ0) is 23.3. The molecule has 1 atom stereocenters. The van der Waals surface area contributed by atoms with Gasteiger partial charge in [-0.1, -0.05) is 6.07 Å². The minimum Gasteiger partial charge on any atom is -0.497 e. The molecule has 6 heteroatoms. The zero-order valence-corrected chi connectivity index (χ0v) is 19.6. The largest absolute Gasteiger partial charge is 0.497 e. The van der Waals surface area contributed by atoms with Crippen molar-refractivity contribution in [2.24, 2.45) is 0 Å². The summed E-state index contributed by atoms with van der Waals surface area (Å²) in [5.74, 6) is 0.691. The van der Waals surface area contributed by atoms with Crippen LogP contribution in [0.5, 0.6) is 5.75 Å². The van der Waals surface area contributed by atoms with E-state index in [4.69, 9.17) is 4.74 Å². The molecule has 0 bridgehead atoms. The maximum atomic E-state index is 13.6. The molecule has 0 saturated carbocycles. The topological polar surface area (TPSA) is 49.4 Å². The van der Waals surface area contributed by atoms with E-state index < -0.39 is 0 Å². The number of ether oxygens (including phenoxy) is 1. The van der Waals surface area contributed by atoms with Crippen molar-refractivity contribution in [2.75, 3.05) is 26.7 Å². The molecular formula is C28H31FN4O. The lowest BCUT2D eigenvalue weighted by molar-refractivity contribution is 0.225. The van der Waals surface area contributed by atoms with Crippen molar-refractivity contribution in [3.05, 3.63) is 95.1 Å². The average Bonchev–Trinajstić information content (AvgIpc) is 2.86. The van der Waals surface area contributed by atoms with Crippen LogP contribution in [0.3, 0.4) is 0 Å². The van der Waals surface area contributed by atoms with Gasteiger partial charge in [0, 0.05) is 50.2 Å². The molecule has 3 aromatic rings. The van der Waals surface area contributed by atoms with Gasteiger partial charge in [-0.05, 0) is 84.5 Å². The van der Waals surface area contributed by atoms with Gasteiger partial charge in [0.1, 0.15) is 11.6 Å². The van der Waals surface area contributed by atoms with E-state index >= 15 is 0 Å². The number of pyridine rings is 1. The van der Waals surface area contributed by atoms with Gasteiger partial charge in [-0.15, -0.1) is 0 Å². The molecule has 0 radical (unpaired) electrons. The number of nitrogens with one attached hydrogen (secondary N) is 2. The third kappa shape index (κ3) is 5.07. The molecule has 176 valence electrons. The van der Waals surface area contributed by atoms with Crippen molar-refractivity contribution in [1.29, 1.82) is 0 Å². The second-order valence-electron chi connectivity index (χ2n) is 9.02. The molecule has 5 nitrogen and oxygen atoms in total. The molecule has 2 aliphatic rings. The summed E-state index contributed by atoms with van der Waals surface area (Å²) in [5.41, 5.74) is 6.86. The predicted molar refractivity (Wildman–Crippen MR) is 134 cm³/mol. The van der Waals surface area contributed by atoms with E-state index in [0.29, 0.717) is 6.04 Å². The molecule has 0 amide bonds. The van der Waals surface area contributed by atoms with Gasteiger partial charge in [-0.3, -0.25) is 9.88 Å². The molecule has 0 fully saturated rings. The molecule has 2 N–H and O–H groups in total. The molecule has 1 aromatic heterocycles. The van der Waals surface area contributed by atoms with Crippen molar-refractivity contribution in [3.63, 3.8) is 0 Å². The number of fused-ring (bicyclic) bond motifs is 1. The van der Waals surface area contributed by atoms with E-state index in [0.717, 1.165) is 73.7 Å². The Hall–Kier alpha value is -3.38. The molecular weight excluding hydrogens is 427 g/mol. The summed E-state index contributed by atoms with van der Waals surface area (Å²) in [6.07, 6.45) is 6.81. The third-order valence-corrected chi connectivity index (χ3v) is 6.71. The minimum absolute atomic E-state index is 0.228. The highest BCUT2D eigenvalue weighted by atomic mass is 19.1. The van der Waals surface area contributed by atoms with E-state index in [9.17, 15) is 4.39 Å². The first-order valence-corrected chi connectivity index (χ1v) is 12.0. The zero-order valence-electron chi connectivity index (χ0n) is 19.6. The highest BCUT2D eigenvalue weighted by molar-refractivity contribution is 5.89. The van der Waals surface area contributed by atoms with Crippen LogP contribution >= 0.6 is 0 Å². The number of methoxy groups -OCH3 is 1. The second kappa shape index (κ2) is 10.3. The van der Waals surface area contributed by atoms with Gasteiger partial charge in [0.05, 0.1) is 18.5 Å². The molecule has 0 unspecified atom stereocenters. The molecule has 3 heterocycles. The van der Waals surface area contributed by atoms with Gasteiger partial charge >= 0.3 is 0 Å². The summed E-state index contributed by atoms with van der Waals surface area (Å²) in [5, 5.41) is 7.46. The van der Waals surface area contributed by atoms with Gasteiger partial charge in [0.2, 0.25) is 0 Å². The average molecular weight is 459 g/mol.